The lowest BCUT2D eigenvalue weighted by Crippen LogP contribution is -2.09. The minimum atomic E-state index is 1.13. The lowest BCUT2D eigenvalue weighted by molar-refractivity contribution is 1.29. The maximum Gasteiger partial charge on any atom is 0.0468 e. The van der Waals surface area contributed by atoms with Gasteiger partial charge in [0.15, 0.2) is 0 Å². The summed E-state index contributed by atoms with van der Waals surface area (Å²) in [7, 11) is 0. The number of fused-ring (bicyclic) bond motifs is 6. The number of rotatable bonds is 4. The largest absolute Gasteiger partial charge is 0.310 e. The standard InChI is InChI=1S/C36H25N/c1-3-11-26(12-4-1)27-19-21-29(22-20-27)37(28-13-5-2-6-14-28)30-23-24-35-33-17-8-7-15-31(33)32-16-9-10-18-34(32)36(35)25-30/h1-25H. The third kappa shape index (κ3) is 3.73. The van der Waals surface area contributed by atoms with Crippen LogP contribution in [0, 0.1) is 0 Å². The molecular formula is C36H25N. The fourth-order valence-electron chi connectivity index (χ4n) is 5.49. The van der Waals surface area contributed by atoms with Crippen LogP contribution >= 0.6 is 0 Å². The first-order valence-electron chi connectivity index (χ1n) is 12.7. The molecule has 7 aromatic carbocycles. The average Bonchev–Trinajstić information content (AvgIpc) is 2.99. The van der Waals surface area contributed by atoms with Crippen LogP contribution in [0.3, 0.4) is 0 Å². The first-order valence-corrected chi connectivity index (χ1v) is 12.7. The number of hydrogen-bond donors (Lipinski definition) is 0. The summed E-state index contributed by atoms with van der Waals surface area (Å²) in [5.41, 5.74) is 5.86. The van der Waals surface area contributed by atoms with Crippen LogP contribution in [0.4, 0.5) is 17.1 Å². The zero-order valence-corrected chi connectivity index (χ0v) is 20.4. The van der Waals surface area contributed by atoms with Crippen LogP contribution < -0.4 is 4.90 Å². The topological polar surface area (TPSA) is 3.24 Å². The highest BCUT2D eigenvalue weighted by atomic mass is 15.1. The lowest BCUT2D eigenvalue weighted by Gasteiger charge is -2.26. The lowest BCUT2D eigenvalue weighted by atomic mass is 9.94. The van der Waals surface area contributed by atoms with Crippen LogP contribution in [-0.2, 0) is 0 Å². The molecule has 0 aliphatic carbocycles. The van der Waals surface area contributed by atoms with Crippen molar-refractivity contribution >= 4 is 49.4 Å². The second kappa shape index (κ2) is 8.96. The van der Waals surface area contributed by atoms with E-state index in [0.717, 1.165) is 17.1 Å². The van der Waals surface area contributed by atoms with Crippen LogP contribution in [0.5, 0.6) is 0 Å². The smallest absolute Gasteiger partial charge is 0.0468 e. The Balaban J connectivity index is 1.44. The molecule has 0 saturated heterocycles. The maximum atomic E-state index is 2.35. The van der Waals surface area contributed by atoms with Crippen molar-refractivity contribution in [1.29, 1.82) is 0 Å². The van der Waals surface area contributed by atoms with E-state index in [4.69, 9.17) is 0 Å². The second-order valence-corrected chi connectivity index (χ2v) is 9.40. The van der Waals surface area contributed by atoms with Crippen LogP contribution in [0.2, 0.25) is 0 Å². The van der Waals surface area contributed by atoms with E-state index in [1.54, 1.807) is 0 Å². The minimum Gasteiger partial charge on any atom is -0.310 e. The Bertz CT molecular complexity index is 1820. The highest BCUT2D eigenvalue weighted by molar-refractivity contribution is 6.25. The van der Waals surface area contributed by atoms with Gasteiger partial charge in [-0.15, -0.1) is 0 Å². The molecule has 37 heavy (non-hydrogen) atoms. The summed E-state index contributed by atoms with van der Waals surface area (Å²) in [5.74, 6) is 0. The van der Waals surface area contributed by atoms with Crippen molar-refractivity contribution in [3.05, 3.63) is 152 Å². The van der Waals surface area contributed by atoms with Crippen molar-refractivity contribution in [2.45, 2.75) is 0 Å². The molecule has 0 bridgehead atoms. The van der Waals surface area contributed by atoms with Gasteiger partial charge in [0.1, 0.15) is 0 Å². The van der Waals surface area contributed by atoms with Gasteiger partial charge in [-0.3, -0.25) is 0 Å². The summed E-state index contributed by atoms with van der Waals surface area (Å²) in [4.78, 5) is 2.35. The van der Waals surface area contributed by atoms with Gasteiger partial charge in [-0.05, 0) is 79.8 Å². The van der Waals surface area contributed by atoms with E-state index in [1.165, 1.54) is 43.4 Å². The highest BCUT2D eigenvalue weighted by Gasteiger charge is 2.15. The van der Waals surface area contributed by atoms with E-state index in [-0.39, 0.29) is 0 Å². The van der Waals surface area contributed by atoms with Crippen molar-refractivity contribution in [2.24, 2.45) is 0 Å². The van der Waals surface area contributed by atoms with E-state index in [9.17, 15) is 0 Å². The zero-order valence-electron chi connectivity index (χ0n) is 20.4. The molecule has 0 saturated carbocycles. The Kier molecular flexibility index (Phi) is 5.19. The van der Waals surface area contributed by atoms with E-state index in [2.05, 4.69) is 157 Å². The summed E-state index contributed by atoms with van der Waals surface area (Å²) >= 11 is 0. The molecule has 0 aromatic heterocycles. The number of anilines is 3. The number of benzene rings is 7. The third-order valence-corrected chi connectivity index (χ3v) is 7.23. The molecule has 174 valence electrons. The van der Waals surface area contributed by atoms with E-state index >= 15 is 0 Å². The molecule has 0 heterocycles. The van der Waals surface area contributed by atoms with Gasteiger partial charge in [0.25, 0.3) is 0 Å². The molecule has 0 aliphatic heterocycles. The zero-order chi connectivity index (χ0) is 24.6. The summed E-state index contributed by atoms with van der Waals surface area (Å²) in [6.07, 6.45) is 0. The molecule has 7 aromatic rings. The van der Waals surface area contributed by atoms with Gasteiger partial charge in [-0.25, -0.2) is 0 Å². The first kappa shape index (κ1) is 21.4. The van der Waals surface area contributed by atoms with Gasteiger partial charge < -0.3 is 4.90 Å². The van der Waals surface area contributed by atoms with E-state index < -0.39 is 0 Å². The SMILES string of the molecule is c1ccc(-c2ccc(N(c3ccccc3)c3ccc4c5ccccc5c5ccccc5c4c3)cc2)cc1. The van der Waals surface area contributed by atoms with Gasteiger partial charge in [-0.2, -0.15) is 0 Å². The van der Waals surface area contributed by atoms with E-state index in [1.807, 2.05) is 0 Å². The number of nitrogens with zero attached hydrogens (tertiary/aromatic N) is 1. The highest BCUT2D eigenvalue weighted by Crippen LogP contribution is 2.40. The predicted molar refractivity (Wildman–Crippen MR) is 159 cm³/mol. The van der Waals surface area contributed by atoms with Gasteiger partial charge in [0, 0.05) is 17.1 Å². The Morgan fingerprint density at radius 2 is 0.676 bits per heavy atom. The molecular weight excluding hydrogens is 446 g/mol. The average molecular weight is 472 g/mol. The molecule has 0 atom stereocenters. The Morgan fingerprint density at radius 3 is 1.27 bits per heavy atom. The summed E-state index contributed by atoms with van der Waals surface area (Å²) in [6, 6.07) is 54.4. The fourth-order valence-corrected chi connectivity index (χ4v) is 5.49. The molecule has 0 spiro atoms. The molecule has 1 nitrogen and oxygen atoms in total. The first-order chi connectivity index (χ1) is 18.4. The third-order valence-electron chi connectivity index (χ3n) is 7.23. The van der Waals surface area contributed by atoms with Crippen molar-refractivity contribution in [3.8, 4) is 11.1 Å². The van der Waals surface area contributed by atoms with Crippen LogP contribution in [0.25, 0.3) is 43.4 Å². The Morgan fingerprint density at radius 1 is 0.270 bits per heavy atom. The van der Waals surface area contributed by atoms with Crippen LogP contribution in [0.15, 0.2) is 152 Å². The molecule has 0 amide bonds. The monoisotopic (exact) mass is 471 g/mol. The Hall–Kier alpha value is -4.88. The van der Waals surface area contributed by atoms with Gasteiger partial charge in [-0.1, -0.05) is 115 Å². The Labute approximate surface area is 216 Å². The number of para-hydroxylation sites is 1. The summed E-state index contributed by atoms with van der Waals surface area (Å²) in [6.45, 7) is 0. The van der Waals surface area contributed by atoms with E-state index in [0.29, 0.717) is 0 Å². The van der Waals surface area contributed by atoms with Crippen molar-refractivity contribution in [1.82, 2.24) is 0 Å². The quantitative estimate of drug-likeness (QED) is 0.231. The fraction of sp³-hybridized carbons (Fsp3) is 0. The molecule has 0 radical (unpaired) electrons. The maximum absolute atomic E-state index is 2.35. The van der Waals surface area contributed by atoms with Crippen molar-refractivity contribution in [3.63, 3.8) is 0 Å². The van der Waals surface area contributed by atoms with Gasteiger partial charge >= 0.3 is 0 Å². The second-order valence-electron chi connectivity index (χ2n) is 9.40. The van der Waals surface area contributed by atoms with Crippen LogP contribution in [0.1, 0.15) is 0 Å². The van der Waals surface area contributed by atoms with Gasteiger partial charge in [0.05, 0.1) is 0 Å². The van der Waals surface area contributed by atoms with Crippen molar-refractivity contribution in [2.75, 3.05) is 4.90 Å². The molecule has 7 rings (SSSR count). The molecule has 0 aliphatic rings. The minimum absolute atomic E-state index is 1.13. The molecule has 1 heteroatoms. The normalized spacial score (nSPS) is 11.2. The van der Waals surface area contributed by atoms with Crippen LogP contribution in [-0.4, -0.2) is 0 Å². The molecule has 0 N–H and O–H groups in total. The molecule has 0 fully saturated rings. The molecule has 0 unspecified atom stereocenters. The van der Waals surface area contributed by atoms with Gasteiger partial charge in [0.2, 0.25) is 0 Å². The number of hydrogen-bond acceptors (Lipinski definition) is 1. The summed E-state index contributed by atoms with van der Waals surface area (Å²) < 4.78 is 0. The van der Waals surface area contributed by atoms with Crippen molar-refractivity contribution < 1.29 is 0 Å². The summed E-state index contributed by atoms with van der Waals surface area (Å²) in [5, 5.41) is 7.72. The predicted octanol–water partition coefficient (Wildman–Crippen LogP) is 10.3.